The largest absolute Gasteiger partial charge is 0.326 e. The van der Waals surface area contributed by atoms with Gasteiger partial charge >= 0.3 is 0 Å². The topological polar surface area (TPSA) is 41.1 Å². The first kappa shape index (κ1) is 15.0. The lowest BCUT2D eigenvalue weighted by Gasteiger charge is -2.32. The molecule has 110 valence electrons. The first-order valence-corrected chi connectivity index (χ1v) is 7.64. The van der Waals surface area contributed by atoms with Crippen molar-refractivity contribution in [1.29, 1.82) is 0 Å². The Hall–Kier alpha value is -1.35. The highest BCUT2D eigenvalue weighted by atomic mass is 16.1. The summed E-state index contributed by atoms with van der Waals surface area (Å²) < 4.78 is 0. The third-order valence-electron chi connectivity index (χ3n) is 4.47. The molecule has 1 amide bonds. The molecule has 1 aromatic rings. The van der Waals surface area contributed by atoms with Gasteiger partial charge in [0, 0.05) is 25.2 Å². The van der Waals surface area contributed by atoms with Crippen LogP contribution >= 0.6 is 0 Å². The molecule has 1 saturated carbocycles. The zero-order chi connectivity index (χ0) is 14.5. The summed E-state index contributed by atoms with van der Waals surface area (Å²) in [4.78, 5) is 11.0. The van der Waals surface area contributed by atoms with Gasteiger partial charge in [0.25, 0.3) is 0 Å². The summed E-state index contributed by atoms with van der Waals surface area (Å²) in [5, 5.41) is 6.45. The minimum atomic E-state index is -0.0267. The van der Waals surface area contributed by atoms with Crippen molar-refractivity contribution in [1.82, 2.24) is 5.32 Å². The molecule has 1 aliphatic carbocycles. The van der Waals surface area contributed by atoms with Crippen LogP contribution in [0.25, 0.3) is 0 Å². The Balaban J connectivity index is 1.80. The Labute approximate surface area is 122 Å². The van der Waals surface area contributed by atoms with E-state index in [2.05, 4.69) is 36.6 Å². The van der Waals surface area contributed by atoms with Crippen molar-refractivity contribution in [3.05, 3.63) is 29.8 Å². The van der Waals surface area contributed by atoms with Crippen LogP contribution in [0.3, 0.4) is 0 Å². The number of carbonyl (C=O) groups excluding carboxylic acids is 1. The molecular formula is C17H26N2O. The van der Waals surface area contributed by atoms with Gasteiger partial charge in [0.15, 0.2) is 0 Å². The van der Waals surface area contributed by atoms with Gasteiger partial charge < -0.3 is 10.6 Å². The van der Waals surface area contributed by atoms with Gasteiger partial charge in [0.1, 0.15) is 0 Å². The van der Waals surface area contributed by atoms with E-state index >= 15 is 0 Å². The van der Waals surface area contributed by atoms with E-state index in [0.29, 0.717) is 6.04 Å². The van der Waals surface area contributed by atoms with Crippen LogP contribution in [0.15, 0.2) is 24.3 Å². The second-order valence-electron chi connectivity index (χ2n) is 6.22. The van der Waals surface area contributed by atoms with Crippen LogP contribution in [0.2, 0.25) is 0 Å². The number of hydrogen-bond acceptors (Lipinski definition) is 2. The highest BCUT2D eigenvalue weighted by Crippen LogP contribution is 2.29. The maximum absolute atomic E-state index is 11.0. The molecule has 0 aliphatic heterocycles. The van der Waals surface area contributed by atoms with Crippen molar-refractivity contribution in [2.45, 2.75) is 52.6 Å². The smallest absolute Gasteiger partial charge is 0.221 e. The molecule has 0 aromatic heterocycles. The molecule has 1 fully saturated rings. The number of amides is 1. The number of nitrogens with one attached hydrogen (secondary N) is 2. The van der Waals surface area contributed by atoms with Crippen molar-refractivity contribution in [3.8, 4) is 0 Å². The van der Waals surface area contributed by atoms with Gasteiger partial charge in [-0.1, -0.05) is 26.0 Å². The maximum atomic E-state index is 11.0. The van der Waals surface area contributed by atoms with Gasteiger partial charge in [-0.25, -0.2) is 0 Å². The quantitative estimate of drug-likeness (QED) is 0.881. The number of hydrogen-bond donors (Lipinski definition) is 2. The Kier molecular flexibility index (Phi) is 5.18. The lowest BCUT2D eigenvalue weighted by atomic mass is 9.79. The highest BCUT2D eigenvalue weighted by Gasteiger charge is 2.23. The number of anilines is 1. The van der Waals surface area contributed by atoms with E-state index in [0.717, 1.165) is 24.1 Å². The van der Waals surface area contributed by atoms with Gasteiger partial charge in [-0.3, -0.25) is 4.79 Å². The van der Waals surface area contributed by atoms with E-state index in [1.165, 1.54) is 31.7 Å². The van der Waals surface area contributed by atoms with Crippen LogP contribution in [0.1, 0.15) is 45.6 Å². The number of benzene rings is 1. The minimum Gasteiger partial charge on any atom is -0.326 e. The summed E-state index contributed by atoms with van der Waals surface area (Å²) >= 11 is 0. The lowest BCUT2D eigenvalue weighted by Crippen LogP contribution is -2.35. The number of rotatable bonds is 4. The fourth-order valence-electron chi connectivity index (χ4n) is 2.90. The van der Waals surface area contributed by atoms with Crippen molar-refractivity contribution >= 4 is 11.6 Å². The Bertz CT molecular complexity index is 441. The molecule has 3 nitrogen and oxygen atoms in total. The molecule has 1 aromatic carbocycles. The summed E-state index contributed by atoms with van der Waals surface area (Å²) in [5.41, 5.74) is 2.13. The molecule has 0 radical (unpaired) electrons. The molecule has 2 N–H and O–H groups in total. The van der Waals surface area contributed by atoms with Crippen LogP contribution in [0.5, 0.6) is 0 Å². The Morgan fingerprint density at radius 1 is 1.15 bits per heavy atom. The molecule has 3 atom stereocenters. The third-order valence-corrected chi connectivity index (χ3v) is 4.47. The second-order valence-corrected chi connectivity index (χ2v) is 6.22. The van der Waals surface area contributed by atoms with Crippen molar-refractivity contribution in [2.24, 2.45) is 11.8 Å². The first-order valence-electron chi connectivity index (χ1n) is 7.64. The zero-order valence-corrected chi connectivity index (χ0v) is 12.8. The average Bonchev–Trinajstić information content (AvgIpc) is 2.41. The van der Waals surface area contributed by atoms with Crippen LogP contribution in [-0.2, 0) is 11.3 Å². The van der Waals surface area contributed by atoms with E-state index < -0.39 is 0 Å². The molecule has 3 heteroatoms. The van der Waals surface area contributed by atoms with Crippen molar-refractivity contribution in [3.63, 3.8) is 0 Å². The fourth-order valence-corrected chi connectivity index (χ4v) is 2.90. The van der Waals surface area contributed by atoms with E-state index in [9.17, 15) is 4.79 Å². The normalized spacial score (nSPS) is 26.2. The number of carbonyl (C=O) groups is 1. The van der Waals surface area contributed by atoms with Crippen molar-refractivity contribution < 1.29 is 4.79 Å². The average molecular weight is 274 g/mol. The Morgan fingerprint density at radius 2 is 1.85 bits per heavy atom. The van der Waals surface area contributed by atoms with Gasteiger partial charge in [0.05, 0.1) is 0 Å². The summed E-state index contributed by atoms with van der Waals surface area (Å²) in [6.07, 6.45) is 3.90. The van der Waals surface area contributed by atoms with Gasteiger partial charge in [-0.2, -0.15) is 0 Å². The van der Waals surface area contributed by atoms with Gasteiger partial charge in [-0.15, -0.1) is 0 Å². The lowest BCUT2D eigenvalue weighted by molar-refractivity contribution is -0.114. The van der Waals surface area contributed by atoms with E-state index in [4.69, 9.17) is 0 Å². The van der Waals surface area contributed by atoms with E-state index in [1.54, 1.807) is 0 Å². The predicted octanol–water partition coefficient (Wildman–Crippen LogP) is 3.56. The van der Waals surface area contributed by atoms with Crippen LogP contribution in [-0.4, -0.2) is 11.9 Å². The standard InChI is InChI=1S/C17H26N2O/c1-12-4-7-17(10-13(12)2)18-11-15-5-8-16(9-6-15)19-14(3)20/h5-6,8-9,12-13,17-18H,4,7,10-11H2,1-3H3,(H,19,20). The molecule has 20 heavy (non-hydrogen) atoms. The highest BCUT2D eigenvalue weighted by molar-refractivity contribution is 5.88. The monoisotopic (exact) mass is 274 g/mol. The van der Waals surface area contributed by atoms with Crippen LogP contribution in [0.4, 0.5) is 5.69 Å². The summed E-state index contributed by atoms with van der Waals surface area (Å²) in [5.74, 6) is 1.66. The van der Waals surface area contributed by atoms with Gasteiger partial charge in [0.2, 0.25) is 5.91 Å². The zero-order valence-electron chi connectivity index (χ0n) is 12.8. The summed E-state index contributed by atoms with van der Waals surface area (Å²) in [6, 6.07) is 8.73. The van der Waals surface area contributed by atoms with Crippen LogP contribution in [0, 0.1) is 11.8 Å². The molecule has 3 unspecified atom stereocenters. The molecule has 0 spiro atoms. The van der Waals surface area contributed by atoms with Gasteiger partial charge in [-0.05, 0) is 48.8 Å². The van der Waals surface area contributed by atoms with Crippen LogP contribution < -0.4 is 10.6 Å². The molecule has 2 rings (SSSR count). The predicted molar refractivity (Wildman–Crippen MR) is 83.6 cm³/mol. The molecule has 0 saturated heterocycles. The molecule has 0 heterocycles. The second kappa shape index (κ2) is 6.89. The SMILES string of the molecule is CC(=O)Nc1ccc(CNC2CCC(C)C(C)C2)cc1. The van der Waals surface area contributed by atoms with E-state index in [1.807, 2.05) is 12.1 Å². The first-order chi connectivity index (χ1) is 9.54. The fraction of sp³-hybridized carbons (Fsp3) is 0.588. The summed E-state index contributed by atoms with van der Waals surface area (Å²) in [7, 11) is 0. The Morgan fingerprint density at radius 3 is 2.45 bits per heavy atom. The summed E-state index contributed by atoms with van der Waals surface area (Å²) in [6.45, 7) is 7.16. The third kappa shape index (κ3) is 4.34. The van der Waals surface area contributed by atoms with E-state index in [-0.39, 0.29) is 5.91 Å². The maximum Gasteiger partial charge on any atom is 0.221 e. The van der Waals surface area contributed by atoms with Crippen molar-refractivity contribution in [2.75, 3.05) is 5.32 Å². The molecular weight excluding hydrogens is 248 g/mol. The molecule has 1 aliphatic rings. The minimum absolute atomic E-state index is 0.0267. The molecule has 0 bridgehead atoms.